The van der Waals surface area contributed by atoms with Crippen LogP contribution in [-0.4, -0.2) is 28.3 Å². The molecule has 3 N–H and O–H groups in total. The van der Waals surface area contributed by atoms with E-state index >= 15 is 0 Å². The number of nitrogens with one attached hydrogen (secondary N) is 1. The van der Waals surface area contributed by atoms with Gasteiger partial charge in [0.15, 0.2) is 5.69 Å². The van der Waals surface area contributed by atoms with Crippen LogP contribution in [-0.2, 0) is 0 Å². The molecule has 116 valence electrons. The Balaban J connectivity index is 1.72. The second-order valence-electron chi connectivity index (χ2n) is 5.63. The van der Waals surface area contributed by atoms with E-state index in [0.717, 1.165) is 24.9 Å². The summed E-state index contributed by atoms with van der Waals surface area (Å²) < 4.78 is 1.65. The van der Waals surface area contributed by atoms with Gasteiger partial charge < -0.3 is 11.1 Å². The summed E-state index contributed by atoms with van der Waals surface area (Å²) in [6, 6.07) is 9.22. The first-order valence-electron chi connectivity index (χ1n) is 7.50. The van der Waals surface area contributed by atoms with E-state index in [1.165, 1.54) is 0 Å². The second kappa shape index (κ2) is 6.50. The Morgan fingerprint density at radius 2 is 2.27 bits per heavy atom. The molecule has 2 atom stereocenters. The fourth-order valence-corrected chi connectivity index (χ4v) is 3.14. The molecule has 6 heteroatoms. The van der Waals surface area contributed by atoms with Gasteiger partial charge in [0.2, 0.25) is 0 Å². The zero-order valence-electron chi connectivity index (χ0n) is 12.2. The molecule has 3 rings (SSSR count). The highest BCUT2D eigenvalue weighted by Crippen LogP contribution is 2.24. The average molecular weight is 319 g/mol. The van der Waals surface area contributed by atoms with Gasteiger partial charge in [-0.05, 0) is 49.6 Å². The summed E-state index contributed by atoms with van der Waals surface area (Å²) in [5.74, 6) is 0.227. The zero-order chi connectivity index (χ0) is 15.5. The molecule has 0 spiro atoms. The summed E-state index contributed by atoms with van der Waals surface area (Å²) in [6.45, 7) is 0.613. The van der Waals surface area contributed by atoms with Gasteiger partial charge >= 0.3 is 0 Å². The maximum absolute atomic E-state index is 12.3. The van der Waals surface area contributed by atoms with Crippen LogP contribution >= 0.6 is 11.6 Å². The summed E-state index contributed by atoms with van der Waals surface area (Å²) in [5.41, 5.74) is 6.98. The number of amides is 1. The second-order valence-corrected chi connectivity index (χ2v) is 6.07. The molecule has 2 aromatic rings. The number of halogens is 1. The summed E-state index contributed by atoms with van der Waals surface area (Å²) in [5, 5.41) is 8.02. The van der Waals surface area contributed by atoms with Gasteiger partial charge in [0.1, 0.15) is 0 Å². The normalized spacial score (nSPS) is 21.0. The summed E-state index contributed by atoms with van der Waals surface area (Å²) in [4.78, 5) is 12.3. The molecule has 5 nitrogen and oxygen atoms in total. The van der Waals surface area contributed by atoms with Crippen molar-refractivity contribution in [2.24, 2.45) is 11.7 Å². The molecule has 1 aliphatic carbocycles. The van der Waals surface area contributed by atoms with E-state index in [1.54, 1.807) is 29.1 Å². The maximum Gasteiger partial charge on any atom is 0.272 e. The van der Waals surface area contributed by atoms with E-state index in [2.05, 4.69) is 10.4 Å². The molecule has 1 aromatic heterocycles. The fourth-order valence-electron chi connectivity index (χ4n) is 2.96. The highest BCUT2D eigenvalue weighted by Gasteiger charge is 2.28. The number of nitrogens with two attached hydrogens (primary N) is 1. The topological polar surface area (TPSA) is 72.9 Å². The Bertz CT molecular complexity index is 670. The quantitative estimate of drug-likeness (QED) is 0.909. The van der Waals surface area contributed by atoms with Crippen molar-refractivity contribution >= 4 is 17.5 Å². The Morgan fingerprint density at radius 1 is 1.41 bits per heavy atom. The molecule has 22 heavy (non-hydrogen) atoms. The van der Waals surface area contributed by atoms with Gasteiger partial charge in [0.25, 0.3) is 5.91 Å². The third-order valence-electron chi connectivity index (χ3n) is 4.17. The number of aromatic nitrogens is 2. The number of rotatable bonds is 4. The lowest BCUT2D eigenvalue weighted by Crippen LogP contribution is -2.40. The molecule has 0 bridgehead atoms. The van der Waals surface area contributed by atoms with Crippen LogP contribution in [0.25, 0.3) is 5.69 Å². The average Bonchev–Trinajstić information content (AvgIpc) is 3.16. The minimum Gasteiger partial charge on any atom is -0.348 e. The summed E-state index contributed by atoms with van der Waals surface area (Å²) >= 11 is 5.98. The van der Waals surface area contributed by atoms with Gasteiger partial charge in [-0.25, -0.2) is 4.68 Å². The van der Waals surface area contributed by atoms with Crippen LogP contribution in [0.1, 0.15) is 29.8 Å². The molecule has 1 aliphatic rings. The van der Waals surface area contributed by atoms with Crippen LogP contribution in [0.5, 0.6) is 0 Å². The predicted octanol–water partition coefficient (Wildman–Crippen LogP) is 2.38. The smallest absolute Gasteiger partial charge is 0.272 e. The maximum atomic E-state index is 12.3. The van der Waals surface area contributed by atoms with Crippen LogP contribution < -0.4 is 11.1 Å². The standard InChI is InChI=1S/C16H19ClN4O/c17-12-4-2-5-13(9-12)21-8-7-15(20-21)16(22)19-14-6-1-3-11(14)10-18/h2,4-5,7-9,11,14H,1,3,6,10,18H2,(H,19,22). The molecular formula is C16H19ClN4O. The molecule has 1 heterocycles. The van der Waals surface area contributed by atoms with Crippen LogP contribution in [0.4, 0.5) is 0 Å². The van der Waals surface area contributed by atoms with Crippen molar-refractivity contribution in [1.82, 2.24) is 15.1 Å². The monoisotopic (exact) mass is 318 g/mol. The van der Waals surface area contributed by atoms with Gasteiger partial charge in [-0.1, -0.05) is 24.1 Å². The lowest BCUT2D eigenvalue weighted by molar-refractivity contribution is 0.0923. The number of carbonyl (C=O) groups is 1. The van der Waals surface area contributed by atoms with Crippen molar-refractivity contribution in [1.29, 1.82) is 0 Å². The fraction of sp³-hybridized carbons (Fsp3) is 0.375. The third kappa shape index (κ3) is 3.15. The Kier molecular flexibility index (Phi) is 4.45. The van der Waals surface area contributed by atoms with Crippen LogP contribution in [0.15, 0.2) is 36.5 Å². The predicted molar refractivity (Wildman–Crippen MR) is 86.2 cm³/mol. The Hall–Kier alpha value is -1.85. The number of hydrogen-bond acceptors (Lipinski definition) is 3. The van der Waals surface area contributed by atoms with Gasteiger partial charge in [-0.15, -0.1) is 0 Å². The van der Waals surface area contributed by atoms with E-state index in [4.69, 9.17) is 17.3 Å². The zero-order valence-corrected chi connectivity index (χ0v) is 13.0. The van der Waals surface area contributed by atoms with Crippen molar-refractivity contribution in [3.8, 4) is 5.69 Å². The minimum atomic E-state index is -0.147. The minimum absolute atomic E-state index is 0.147. The number of benzene rings is 1. The van der Waals surface area contributed by atoms with Crippen molar-refractivity contribution in [3.05, 3.63) is 47.2 Å². The number of hydrogen-bond donors (Lipinski definition) is 2. The van der Waals surface area contributed by atoms with E-state index in [-0.39, 0.29) is 11.9 Å². The lowest BCUT2D eigenvalue weighted by atomic mass is 10.0. The SMILES string of the molecule is NCC1CCCC1NC(=O)c1ccn(-c2cccc(Cl)c2)n1. The van der Waals surface area contributed by atoms with Gasteiger partial charge in [0, 0.05) is 17.3 Å². The third-order valence-corrected chi connectivity index (χ3v) is 4.41. The van der Waals surface area contributed by atoms with Gasteiger partial charge in [-0.3, -0.25) is 4.79 Å². The van der Waals surface area contributed by atoms with Crippen molar-refractivity contribution < 1.29 is 4.79 Å². The van der Waals surface area contributed by atoms with Crippen molar-refractivity contribution in [2.45, 2.75) is 25.3 Å². The van der Waals surface area contributed by atoms with Gasteiger partial charge in [-0.2, -0.15) is 5.10 Å². The van der Waals surface area contributed by atoms with E-state index in [9.17, 15) is 4.79 Å². The summed E-state index contributed by atoms with van der Waals surface area (Å²) in [6.07, 6.45) is 4.94. The molecule has 1 aromatic carbocycles. The summed E-state index contributed by atoms with van der Waals surface area (Å²) in [7, 11) is 0. The van der Waals surface area contributed by atoms with Gasteiger partial charge in [0.05, 0.1) is 5.69 Å². The first kappa shape index (κ1) is 15.1. The number of nitrogens with zero attached hydrogens (tertiary/aromatic N) is 2. The molecule has 0 saturated heterocycles. The van der Waals surface area contributed by atoms with E-state index < -0.39 is 0 Å². The molecule has 0 aliphatic heterocycles. The molecule has 2 unspecified atom stereocenters. The first-order chi connectivity index (χ1) is 10.7. The first-order valence-corrected chi connectivity index (χ1v) is 7.87. The largest absolute Gasteiger partial charge is 0.348 e. The molecular weight excluding hydrogens is 300 g/mol. The molecule has 1 fully saturated rings. The van der Waals surface area contributed by atoms with E-state index in [0.29, 0.717) is 23.2 Å². The van der Waals surface area contributed by atoms with Crippen molar-refractivity contribution in [3.63, 3.8) is 0 Å². The lowest BCUT2D eigenvalue weighted by Gasteiger charge is -2.18. The van der Waals surface area contributed by atoms with E-state index in [1.807, 2.05) is 12.1 Å². The Labute approximate surface area is 134 Å². The molecule has 1 amide bonds. The van der Waals surface area contributed by atoms with Crippen molar-refractivity contribution in [2.75, 3.05) is 6.54 Å². The van der Waals surface area contributed by atoms with Crippen LogP contribution in [0.2, 0.25) is 5.02 Å². The van der Waals surface area contributed by atoms with Crippen LogP contribution in [0, 0.1) is 5.92 Å². The molecule has 0 radical (unpaired) electrons. The molecule has 1 saturated carbocycles. The van der Waals surface area contributed by atoms with Crippen LogP contribution in [0.3, 0.4) is 0 Å². The highest BCUT2D eigenvalue weighted by atomic mass is 35.5. The number of carbonyl (C=O) groups excluding carboxylic acids is 1. The Morgan fingerprint density at radius 3 is 3.05 bits per heavy atom. The highest BCUT2D eigenvalue weighted by molar-refractivity contribution is 6.30.